The first-order valence-electron chi connectivity index (χ1n) is 9.48. The number of ether oxygens (including phenoxy) is 2. The van der Waals surface area contributed by atoms with Crippen molar-refractivity contribution in [2.45, 2.75) is 18.9 Å². The van der Waals surface area contributed by atoms with Crippen LogP contribution in [0.4, 0.5) is 0 Å². The second kappa shape index (κ2) is 8.10. The summed E-state index contributed by atoms with van der Waals surface area (Å²) in [6, 6.07) is 8.04. The number of nitrogens with zero attached hydrogens (tertiary/aromatic N) is 3. The second-order valence-corrected chi connectivity index (χ2v) is 7.07. The van der Waals surface area contributed by atoms with E-state index in [2.05, 4.69) is 27.0 Å². The highest BCUT2D eigenvalue weighted by Crippen LogP contribution is 2.32. The Morgan fingerprint density at radius 2 is 2.07 bits per heavy atom. The number of nitrogens with one attached hydrogen (secondary N) is 1. The smallest absolute Gasteiger partial charge is 0.224 e. The predicted octanol–water partition coefficient (Wildman–Crippen LogP) is 1.61. The number of H-pyrrole nitrogens is 1. The van der Waals surface area contributed by atoms with Gasteiger partial charge in [-0.25, -0.2) is 4.98 Å². The number of morpholine rings is 1. The van der Waals surface area contributed by atoms with Gasteiger partial charge in [0, 0.05) is 38.5 Å². The molecule has 2 aliphatic heterocycles. The van der Waals surface area contributed by atoms with Crippen LogP contribution in [0.2, 0.25) is 0 Å². The molecule has 1 atom stereocenters. The molecule has 0 aliphatic carbocycles. The Morgan fingerprint density at radius 1 is 1.30 bits per heavy atom. The number of imidazole rings is 1. The summed E-state index contributed by atoms with van der Waals surface area (Å²) in [6.07, 6.45) is 2.27. The van der Waals surface area contributed by atoms with Crippen LogP contribution in [-0.4, -0.2) is 72.2 Å². The molecule has 1 fully saturated rings. The summed E-state index contributed by atoms with van der Waals surface area (Å²) in [5.41, 5.74) is 3.22. The Balaban J connectivity index is 1.46. The zero-order valence-corrected chi connectivity index (χ0v) is 15.7. The van der Waals surface area contributed by atoms with E-state index >= 15 is 0 Å². The molecule has 0 saturated carbocycles. The number of amides is 1. The minimum absolute atomic E-state index is 0.0817. The molecule has 0 bridgehead atoms. The summed E-state index contributed by atoms with van der Waals surface area (Å²) < 4.78 is 10.6. The molecule has 1 aromatic heterocycles. The van der Waals surface area contributed by atoms with Crippen molar-refractivity contribution in [2.75, 3.05) is 46.5 Å². The van der Waals surface area contributed by atoms with Gasteiger partial charge in [0.2, 0.25) is 5.91 Å². The average Bonchev–Trinajstić information content (AvgIpc) is 3.21. The fourth-order valence-electron chi connectivity index (χ4n) is 3.85. The number of hydrogen-bond acceptors (Lipinski definition) is 5. The van der Waals surface area contributed by atoms with Crippen LogP contribution in [0.25, 0.3) is 0 Å². The van der Waals surface area contributed by atoms with Crippen LogP contribution in [0.15, 0.2) is 30.6 Å². The first-order chi connectivity index (χ1) is 13.2. The molecule has 1 amide bonds. The van der Waals surface area contributed by atoms with Gasteiger partial charge in [-0.3, -0.25) is 9.69 Å². The van der Waals surface area contributed by atoms with Crippen LogP contribution in [-0.2, 0) is 16.1 Å². The van der Waals surface area contributed by atoms with Crippen molar-refractivity contribution >= 4 is 5.91 Å². The maximum Gasteiger partial charge on any atom is 0.224 e. The lowest BCUT2D eigenvalue weighted by molar-refractivity contribution is -0.133. The van der Waals surface area contributed by atoms with Gasteiger partial charge in [0.15, 0.2) is 0 Å². The van der Waals surface area contributed by atoms with E-state index in [4.69, 9.17) is 9.47 Å². The van der Waals surface area contributed by atoms with Crippen molar-refractivity contribution < 1.29 is 14.3 Å². The molecule has 1 aromatic carbocycles. The normalized spacial score (nSPS) is 20.3. The zero-order valence-electron chi connectivity index (χ0n) is 15.7. The van der Waals surface area contributed by atoms with E-state index in [9.17, 15) is 4.79 Å². The van der Waals surface area contributed by atoms with Crippen molar-refractivity contribution in [1.82, 2.24) is 19.8 Å². The molecule has 3 heterocycles. The monoisotopic (exact) mass is 370 g/mol. The van der Waals surface area contributed by atoms with E-state index in [1.54, 1.807) is 13.4 Å². The second-order valence-electron chi connectivity index (χ2n) is 7.07. The number of rotatable bonds is 5. The average molecular weight is 370 g/mol. The van der Waals surface area contributed by atoms with Crippen molar-refractivity contribution in [3.8, 4) is 5.75 Å². The first-order valence-corrected chi connectivity index (χ1v) is 9.48. The SMILES string of the molecule is COc1ccc(C2CN(C(=O)CCN3CCOCC3)Cc3[nH]cnc32)cc1. The van der Waals surface area contributed by atoms with Crippen LogP contribution in [0.5, 0.6) is 5.75 Å². The van der Waals surface area contributed by atoms with Gasteiger partial charge in [-0.2, -0.15) is 0 Å². The Bertz CT molecular complexity index is 768. The summed E-state index contributed by atoms with van der Waals surface area (Å²) in [5.74, 6) is 1.11. The van der Waals surface area contributed by atoms with E-state index in [0.717, 1.165) is 55.5 Å². The van der Waals surface area contributed by atoms with Crippen LogP contribution < -0.4 is 4.74 Å². The number of aromatic nitrogens is 2. The van der Waals surface area contributed by atoms with Gasteiger partial charge in [-0.15, -0.1) is 0 Å². The molecule has 2 aromatic rings. The maximum atomic E-state index is 12.9. The third-order valence-corrected chi connectivity index (χ3v) is 5.45. The van der Waals surface area contributed by atoms with E-state index < -0.39 is 0 Å². The Hall–Kier alpha value is -2.38. The van der Waals surface area contributed by atoms with Crippen LogP contribution in [0.3, 0.4) is 0 Å². The molecule has 4 rings (SSSR count). The topological polar surface area (TPSA) is 70.7 Å². The molecular weight excluding hydrogens is 344 g/mol. The lowest BCUT2D eigenvalue weighted by Gasteiger charge is -2.33. The number of carbonyl (C=O) groups is 1. The molecule has 1 unspecified atom stereocenters. The highest BCUT2D eigenvalue weighted by atomic mass is 16.5. The number of carbonyl (C=O) groups excluding carboxylic acids is 1. The van der Waals surface area contributed by atoms with E-state index in [1.165, 1.54) is 0 Å². The molecule has 144 valence electrons. The first kappa shape index (κ1) is 18.0. The fraction of sp³-hybridized carbons (Fsp3) is 0.500. The Kier molecular flexibility index (Phi) is 5.40. The van der Waals surface area contributed by atoms with Gasteiger partial charge < -0.3 is 19.4 Å². The quantitative estimate of drug-likeness (QED) is 0.866. The zero-order chi connectivity index (χ0) is 18.6. The van der Waals surface area contributed by atoms with Gasteiger partial charge in [0.1, 0.15) is 5.75 Å². The molecule has 1 N–H and O–H groups in total. The third kappa shape index (κ3) is 3.99. The van der Waals surface area contributed by atoms with Gasteiger partial charge in [0.05, 0.1) is 44.6 Å². The molecule has 27 heavy (non-hydrogen) atoms. The summed E-state index contributed by atoms with van der Waals surface area (Å²) in [5, 5.41) is 0. The minimum atomic E-state index is 0.0817. The lowest BCUT2D eigenvalue weighted by atomic mass is 9.90. The van der Waals surface area contributed by atoms with Crippen molar-refractivity contribution in [3.05, 3.63) is 47.5 Å². The highest BCUT2D eigenvalue weighted by Gasteiger charge is 2.31. The summed E-state index contributed by atoms with van der Waals surface area (Å²) in [4.78, 5) is 24.9. The fourth-order valence-corrected chi connectivity index (χ4v) is 3.85. The van der Waals surface area contributed by atoms with Gasteiger partial charge in [0.25, 0.3) is 0 Å². The summed E-state index contributed by atoms with van der Waals surface area (Å²) >= 11 is 0. The molecule has 1 saturated heterocycles. The number of aromatic amines is 1. The third-order valence-electron chi connectivity index (χ3n) is 5.45. The Labute approximate surface area is 159 Å². The maximum absolute atomic E-state index is 12.9. The lowest BCUT2D eigenvalue weighted by Crippen LogP contribution is -2.42. The molecular formula is C20H26N4O3. The van der Waals surface area contributed by atoms with Crippen LogP contribution in [0, 0.1) is 0 Å². The van der Waals surface area contributed by atoms with Gasteiger partial charge in [-0.05, 0) is 17.7 Å². The molecule has 7 heteroatoms. The van der Waals surface area contributed by atoms with Crippen LogP contribution >= 0.6 is 0 Å². The molecule has 0 radical (unpaired) electrons. The van der Waals surface area contributed by atoms with Gasteiger partial charge in [-0.1, -0.05) is 12.1 Å². The standard InChI is InChI=1S/C20H26N4O3/c1-26-16-4-2-15(3-5-16)17-12-24(13-18-20(17)22-14-21-18)19(25)6-7-23-8-10-27-11-9-23/h2-5,14,17H,6-13H2,1H3,(H,21,22). The van der Waals surface area contributed by atoms with E-state index in [0.29, 0.717) is 19.5 Å². The van der Waals surface area contributed by atoms with Crippen molar-refractivity contribution in [1.29, 1.82) is 0 Å². The molecule has 0 spiro atoms. The van der Waals surface area contributed by atoms with Gasteiger partial charge >= 0.3 is 0 Å². The molecule has 7 nitrogen and oxygen atoms in total. The van der Waals surface area contributed by atoms with E-state index in [-0.39, 0.29) is 11.8 Å². The summed E-state index contributed by atoms with van der Waals surface area (Å²) in [6.45, 7) is 5.39. The number of fused-ring (bicyclic) bond motifs is 1. The van der Waals surface area contributed by atoms with E-state index in [1.807, 2.05) is 17.0 Å². The minimum Gasteiger partial charge on any atom is -0.497 e. The van der Waals surface area contributed by atoms with Crippen molar-refractivity contribution in [3.63, 3.8) is 0 Å². The summed E-state index contributed by atoms with van der Waals surface area (Å²) in [7, 11) is 1.66. The molecule has 2 aliphatic rings. The highest BCUT2D eigenvalue weighted by molar-refractivity contribution is 5.77. The number of methoxy groups -OCH3 is 1. The largest absolute Gasteiger partial charge is 0.497 e. The van der Waals surface area contributed by atoms with Crippen LogP contribution in [0.1, 0.15) is 29.3 Å². The number of hydrogen-bond donors (Lipinski definition) is 1. The van der Waals surface area contributed by atoms with Crippen molar-refractivity contribution in [2.24, 2.45) is 0 Å². The number of benzene rings is 1. The Morgan fingerprint density at radius 3 is 2.81 bits per heavy atom. The predicted molar refractivity (Wildman–Crippen MR) is 101 cm³/mol.